The highest BCUT2D eigenvalue weighted by Gasteiger charge is 2.16. The standard InChI is InChI=1S/C9H17N5O/c1-13-8(2-3-10)11-9(12-13)14-4-6-15-7-5-14/h2-7,10H2,1H3. The summed E-state index contributed by atoms with van der Waals surface area (Å²) in [5, 5.41) is 4.37. The lowest BCUT2D eigenvalue weighted by Gasteiger charge is -2.25. The molecule has 1 saturated heterocycles. The number of rotatable bonds is 3. The summed E-state index contributed by atoms with van der Waals surface area (Å²) in [4.78, 5) is 6.61. The number of ether oxygens (including phenoxy) is 1. The summed E-state index contributed by atoms with van der Waals surface area (Å²) in [6.07, 6.45) is 0.772. The number of morpholine rings is 1. The molecular formula is C9H17N5O. The fraction of sp³-hybridized carbons (Fsp3) is 0.778. The van der Waals surface area contributed by atoms with Crippen molar-refractivity contribution in [3.8, 4) is 0 Å². The van der Waals surface area contributed by atoms with Gasteiger partial charge in [-0.05, 0) is 6.54 Å². The molecule has 1 aliphatic heterocycles. The average molecular weight is 211 g/mol. The summed E-state index contributed by atoms with van der Waals surface area (Å²) < 4.78 is 7.08. The number of nitrogens with two attached hydrogens (primary N) is 1. The Morgan fingerprint density at radius 2 is 2.13 bits per heavy atom. The van der Waals surface area contributed by atoms with Crippen LogP contribution in [0.15, 0.2) is 0 Å². The zero-order valence-corrected chi connectivity index (χ0v) is 9.02. The van der Waals surface area contributed by atoms with Gasteiger partial charge in [0.2, 0.25) is 5.95 Å². The maximum atomic E-state index is 5.50. The summed E-state index contributed by atoms with van der Waals surface area (Å²) in [6.45, 7) is 3.85. The Morgan fingerprint density at radius 3 is 2.80 bits per heavy atom. The Bertz CT molecular complexity index is 318. The van der Waals surface area contributed by atoms with Gasteiger partial charge in [0.1, 0.15) is 5.82 Å². The maximum absolute atomic E-state index is 5.50. The van der Waals surface area contributed by atoms with Gasteiger partial charge in [-0.1, -0.05) is 0 Å². The first kappa shape index (κ1) is 10.4. The molecule has 2 rings (SSSR count). The lowest BCUT2D eigenvalue weighted by Crippen LogP contribution is -2.37. The average Bonchev–Trinajstić information content (AvgIpc) is 2.63. The van der Waals surface area contributed by atoms with E-state index in [0.717, 1.165) is 44.5 Å². The summed E-state index contributed by atoms with van der Waals surface area (Å²) in [5.41, 5.74) is 5.50. The lowest BCUT2D eigenvalue weighted by atomic mass is 10.4. The third-order valence-corrected chi connectivity index (χ3v) is 2.50. The van der Waals surface area contributed by atoms with Gasteiger partial charge in [0.15, 0.2) is 0 Å². The number of anilines is 1. The van der Waals surface area contributed by atoms with Crippen molar-refractivity contribution in [2.45, 2.75) is 6.42 Å². The van der Waals surface area contributed by atoms with Crippen molar-refractivity contribution in [3.05, 3.63) is 5.82 Å². The number of aromatic nitrogens is 3. The van der Waals surface area contributed by atoms with E-state index in [1.807, 2.05) is 7.05 Å². The second kappa shape index (κ2) is 4.59. The first-order valence-electron chi connectivity index (χ1n) is 5.24. The van der Waals surface area contributed by atoms with E-state index in [-0.39, 0.29) is 0 Å². The van der Waals surface area contributed by atoms with E-state index >= 15 is 0 Å². The van der Waals surface area contributed by atoms with E-state index < -0.39 is 0 Å². The maximum Gasteiger partial charge on any atom is 0.245 e. The minimum Gasteiger partial charge on any atom is -0.378 e. The molecule has 0 bridgehead atoms. The van der Waals surface area contributed by atoms with E-state index in [9.17, 15) is 0 Å². The van der Waals surface area contributed by atoms with Crippen LogP contribution in [0.2, 0.25) is 0 Å². The van der Waals surface area contributed by atoms with Crippen LogP contribution in [0.1, 0.15) is 5.82 Å². The van der Waals surface area contributed by atoms with Gasteiger partial charge in [-0.2, -0.15) is 4.98 Å². The number of nitrogens with zero attached hydrogens (tertiary/aromatic N) is 4. The highest BCUT2D eigenvalue weighted by molar-refractivity contribution is 5.29. The highest BCUT2D eigenvalue weighted by atomic mass is 16.5. The van der Waals surface area contributed by atoms with Gasteiger partial charge in [0.05, 0.1) is 13.2 Å². The highest BCUT2D eigenvalue weighted by Crippen LogP contribution is 2.10. The molecule has 15 heavy (non-hydrogen) atoms. The Kier molecular flexibility index (Phi) is 3.17. The Labute approximate surface area is 89.0 Å². The quantitative estimate of drug-likeness (QED) is 0.705. The normalized spacial score (nSPS) is 17.1. The second-order valence-electron chi connectivity index (χ2n) is 3.59. The van der Waals surface area contributed by atoms with Gasteiger partial charge < -0.3 is 15.4 Å². The van der Waals surface area contributed by atoms with Crippen LogP contribution in [0, 0.1) is 0 Å². The first-order valence-corrected chi connectivity index (χ1v) is 5.24. The molecule has 0 spiro atoms. The zero-order chi connectivity index (χ0) is 10.7. The van der Waals surface area contributed by atoms with Crippen LogP contribution in [0.5, 0.6) is 0 Å². The fourth-order valence-corrected chi connectivity index (χ4v) is 1.65. The molecule has 2 N–H and O–H groups in total. The van der Waals surface area contributed by atoms with E-state index in [1.54, 1.807) is 4.68 Å². The van der Waals surface area contributed by atoms with Gasteiger partial charge in [0, 0.05) is 26.6 Å². The molecule has 1 aliphatic rings. The number of hydrogen-bond acceptors (Lipinski definition) is 5. The van der Waals surface area contributed by atoms with Crippen LogP contribution in [-0.2, 0) is 18.2 Å². The van der Waals surface area contributed by atoms with Gasteiger partial charge in [-0.25, -0.2) is 0 Å². The minimum absolute atomic E-state index is 0.606. The van der Waals surface area contributed by atoms with Crippen LogP contribution in [0.4, 0.5) is 5.95 Å². The zero-order valence-electron chi connectivity index (χ0n) is 9.02. The summed E-state index contributed by atoms with van der Waals surface area (Å²) >= 11 is 0. The molecule has 0 amide bonds. The predicted octanol–water partition coefficient (Wildman–Crippen LogP) is -0.847. The topological polar surface area (TPSA) is 69.2 Å². The summed E-state index contributed by atoms with van der Waals surface area (Å²) in [6, 6.07) is 0. The molecule has 0 aromatic carbocycles. The molecule has 0 atom stereocenters. The Morgan fingerprint density at radius 1 is 1.40 bits per heavy atom. The van der Waals surface area contributed by atoms with E-state index in [1.165, 1.54) is 0 Å². The molecule has 84 valence electrons. The fourth-order valence-electron chi connectivity index (χ4n) is 1.65. The van der Waals surface area contributed by atoms with Crippen molar-refractivity contribution >= 4 is 5.95 Å². The second-order valence-corrected chi connectivity index (χ2v) is 3.59. The van der Waals surface area contributed by atoms with Crippen LogP contribution >= 0.6 is 0 Å². The molecule has 0 radical (unpaired) electrons. The van der Waals surface area contributed by atoms with Crippen LogP contribution in [0.3, 0.4) is 0 Å². The van der Waals surface area contributed by atoms with Gasteiger partial charge in [-0.15, -0.1) is 5.10 Å². The van der Waals surface area contributed by atoms with Crippen molar-refractivity contribution in [1.82, 2.24) is 14.8 Å². The van der Waals surface area contributed by atoms with Gasteiger partial charge in [-0.3, -0.25) is 4.68 Å². The van der Waals surface area contributed by atoms with Gasteiger partial charge in [0.25, 0.3) is 0 Å². The van der Waals surface area contributed by atoms with E-state index in [4.69, 9.17) is 10.5 Å². The largest absolute Gasteiger partial charge is 0.378 e. The number of aryl methyl sites for hydroxylation is 1. The molecule has 6 nitrogen and oxygen atoms in total. The lowest BCUT2D eigenvalue weighted by molar-refractivity contribution is 0.122. The molecule has 0 saturated carbocycles. The third-order valence-electron chi connectivity index (χ3n) is 2.50. The Hall–Kier alpha value is -1.14. The van der Waals surface area contributed by atoms with Crippen molar-refractivity contribution in [2.24, 2.45) is 12.8 Å². The van der Waals surface area contributed by atoms with Gasteiger partial charge >= 0.3 is 0 Å². The van der Waals surface area contributed by atoms with E-state index in [2.05, 4.69) is 15.0 Å². The Balaban J connectivity index is 2.10. The molecule has 1 aromatic heterocycles. The smallest absolute Gasteiger partial charge is 0.245 e. The summed E-state index contributed by atoms with van der Waals surface area (Å²) in [7, 11) is 1.90. The SMILES string of the molecule is Cn1nc(N2CCOCC2)nc1CCN. The first-order chi connectivity index (χ1) is 7.31. The molecule has 6 heteroatoms. The van der Waals surface area contributed by atoms with Crippen molar-refractivity contribution < 1.29 is 4.74 Å². The van der Waals surface area contributed by atoms with Crippen molar-refractivity contribution in [2.75, 3.05) is 37.7 Å². The number of hydrogen-bond donors (Lipinski definition) is 1. The predicted molar refractivity (Wildman–Crippen MR) is 56.8 cm³/mol. The monoisotopic (exact) mass is 211 g/mol. The molecular weight excluding hydrogens is 194 g/mol. The van der Waals surface area contributed by atoms with Crippen molar-refractivity contribution in [3.63, 3.8) is 0 Å². The van der Waals surface area contributed by atoms with Crippen molar-refractivity contribution in [1.29, 1.82) is 0 Å². The van der Waals surface area contributed by atoms with Crippen LogP contribution in [0.25, 0.3) is 0 Å². The van der Waals surface area contributed by atoms with Crippen LogP contribution in [-0.4, -0.2) is 47.6 Å². The molecule has 1 aromatic rings. The van der Waals surface area contributed by atoms with E-state index in [0.29, 0.717) is 6.54 Å². The van der Waals surface area contributed by atoms with Crippen LogP contribution < -0.4 is 10.6 Å². The molecule has 1 fully saturated rings. The molecule has 0 unspecified atom stereocenters. The molecule has 0 aliphatic carbocycles. The molecule has 2 heterocycles. The third kappa shape index (κ3) is 2.27. The minimum atomic E-state index is 0.606. The summed E-state index contributed by atoms with van der Waals surface area (Å²) in [5.74, 6) is 1.74.